The Morgan fingerprint density at radius 1 is 1.30 bits per heavy atom. The van der Waals surface area contributed by atoms with Crippen molar-refractivity contribution in [3.8, 4) is 17.0 Å². The lowest BCUT2D eigenvalue weighted by atomic mass is 10.0. The summed E-state index contributed by atoms with van der Waals surface area (Å²) in [6.45, 7) is 1.95. The predicted octanol–water partition coefficient (Wildman–Crippen LogP) is 3.92. The van der Waals surface area contributed by atoms with Crippen molar-refractivity contribution in [2.24, 2.45) is 0 Å². The topological polar surface area (TPSA) is 62.3 Å². The van der Waals surface area contributed by atoms with Crippen LogP contribution in [0.3, 0.4) is 0 Å². The molecule has 5 heteroatoms. The van der Waals surface area contributed by atoms with Crippen molar-refractivity contribution in [2.45, 2.75) is 13.3 Å². The van der Waals surface area contributed by atoms with Gasteiger partial charge in [-0.3, -0.25) is 4.79 Å². The maximum atomic E-state index is 14.0. The minimum atomic E-state index is -0.928. The largest absolute Gasteiger partial charge is 0.494 e. The van der Waals surface area contributed by atoms with Gasteiger partial charge in [0, 0.05) is 16.5 Å². The number of rotatable bonds is 4. The number of aliphatic carboxylic acids is 1. The van der Waals surface area contributed by atoms with Gasteiger partial charge in [0.05, 0.1) is 19.2 Å². The van der Waals surface area contributed by atoms with Crippen LogP contribution in [0.2, 0.25) is 0 Å². The summed E-state index contributed by atoms with van der Waals surface area (Å²) in [7, 11) is 1.40. The summed E-state index contributed by atoms with van der Waals surface area (Å²) in [5.74, 6) is -1.26. The molecule has 2 aromatic carbocycles. The highest BCUT2D eigenvalue weighted by atomic mass is 19.1. The normalized spacial score (nSPS) is 10.9. The van der Waals surface area contributed by atoms with E-state index in [1.165, 1.54) is 19.2 Å². The van der Waals surface area contributed by atoms with Crippen molar-refractivity contribution in [1.82, 2.24) is 4.98 Å². The first-order valence-corrected chi connectivity index (χ1v) is 7.17. The number of halogens is 1. The van der Waals surface area contributed by atoms with Gasteiger partial charge >= 0.3 is 5.97 Å². The van der Waals surface area contributed by atoms with Gasteiger partial charge in [0.25, 0.3) is 0 Å². The monoisotopic (exact) mass is 313 g/mol. The molecule has 0 unspecified atom stereocenters. The van der Waals surface area contributed by atoms with Crippen LogP contribution < -0.4 is 4.74 Å². The molecule has 0 bridgehead atoms. The van der Waals surface area contributed by atoms with Crippen LogP contribution in [0.4, 0.5) is 4.39 Å². The van der Waals surface area contributed by atoms with E-state index in [-0.39, 0.29) is 12.2 Å². The standard InChI is InChI=1S/C18H16FNO3/c1-10-4-3-5-12-13(9-16(21)22)18(20-17(10)12)11-6-7-15(23-2)14(19)8-11/h3-8,20H,9H2,1-2H3,(H,21,22). The number of H-pyrrole nitrogens is 1. The number of aromatic amines is 1. The molecule has 0 saturated carbocycles. The maximum absolute atomic E-state index is 14.0. The SMILES string of the molecule is COc1ccc(-c2[nH]c3c(C)cccc3c2CC(=O)O)cc1F. The van der Waals surface area contributed by atoms with Crippen molar-refractivity contribution >= 4 is 16.9 Å². The van der Waals surface area contributed by atoms with Crippen LogP contribution in [0.25, 0.3) is 22.2 Å². The molecule has 1 aromatic heterocycles. The fourth-order valence-corrected chi connectivity index (χ4v) is 2.82. The lowest BCUT2D eigenvalue weighted by Crippen LogP contribution is -2.01. The van der Waals surface area contributed by atoms with Gasteiger partial charge < -0.3 is 14.8 Å². The van der Waals surface area contributed by atoms with E-state index in [0.717, 1.165) is 16.5 Å². The van der Waals surface area contributed by atoms with Gasteiger partial charge in [-0.15, -0.1) is 0 Å². The molecule has 0 saturated heterocycles. The summed E-state index contributed by atoms with van der Waals surface area (Å²) in [6.07, 6.45) is -0.133. The third-order valence-corrected chi connectivity index (χ3v) is 3.92. The molecule has 0 aliphatic heterocycles. The second kappa shape index (κ2) is 5.76. The van der Waals surface area contributed by atoms with Crippen molar-refractivity contribution in [2.75, 3.05) is 7.11 Å². The minimum Gasteiger partial charge on any atom is -0.494 e. The molecule has 0 spiro atoms. The minimum absolute atomic E-state index is 0.133. The summed E-state index contributed by atoms with van der Waals surface area (Å²) >= 11 is 0. The van der Waals surface area contributed by atoms with Gasteiger partial charge in [0.2, 0.25) is 0 Å². The molecule has 1 heterocycles. The van der Waals surface area contributed by atoms with Crippen molar-refractivity contribution < 1.29 is 19.0 Å². The van der Waals surface area contributed by atoms with Crippen LogP contribution in [0.15, 0.2) is 36.4 Å². The highest BCUT2D eigenvalue weighted by Crippen LogP contribution is 2.34. The summed E-state index contributed by atoms with van der Waals surface area (Å²) in [5.41, 5.74) is 3.75. The van der Waals surface area contributed by atoms with Gasteiger partial charge in [-0.05, 0) is 36.2 Å². The first kappa shape index (κ1) is 15.1. The molecule has 3 aromatic rings. The van der Waals surface area contributed by atoms with Gasteiger partial charge in [-0.25, -0.2) is 4.39 Å². The van der Waals surface area contributed by atoms with E-state index in [0.29, 0.717) is 16.8 Å². The second-order valence-corrected chi connectivity index (χ2v) is 5.40. The van der Waals surface area contributed by atoms with E-state index in [1.807, 2.05) is 25.1 Å². The Morgan fingerprint density at radius 3 is 2.74 bits per heavy atom. The summed E-state index contributed by atoms with van der Waals surface area (Å²) in [4.78, 5) is 14.5. The zero-order valence-electron chi connectivity index (χ0n) is 12.8. The number of para-hydroxylation sites is 1. The number of benzene rings is 2. The van der Waals surface area contributed by atoms with Gasteiger partial charge in [0.1, 0.15) is 0 Å². The number of aromatic nitrogens is 1. The van der Waals surface area contributed by atoms with Crippen LogP contribution in [-0.4, -0.2) is 23.2 Å². The van der Waals surface area contributed by atoms with Gasteiger partial charge in [0.15, 0.2) is 11.6 Å². The number of carbonyl (C=O) groups is 1. The molecule has 0 aliphatic rings. The zero-order chi connectivity index (χ0) is 16.6. The van der Waals surface area contributed by atoms with Crippen LogP contribution in [0.5, 0.6) is 5.75 Å². The molecule has 2 N–H and O–H groups in total. The Morgan fingerprint density at radius 2 is 2.09 bits per heavy atom. The van der Waals surface area contributed by atoms with E-state index in [4.69, 9.17) is 4.74 Å². The molecule has 118 valence electrons. The third-order valence-electron chi connectivity index (χ3n) is 3.92. The smallest absolute Gasteiger partial charge is 0.307 e. The number of carboxylic acid groups (broad SMARTS) is 1. The molecule has 0 fully saturated rings. The number of methoxy groups -OCH3 is 1. The van der Waals surface area contributed by atoms with Crippen LogP contribution in [0.1, 0.15) is 11.1 Å². The van der Waals surface area contributed by atoms with E-state index >= 15 is 0 Å². The molecule has 4 nitrogen and oxygen atoms in total. The number of hydrogen-bond donors (Lipinski definition) is 2. The van der Waals surface area contributed by atoms with Gasteiger partial charge in [-0.2, -0.15) is 0 Å². The quantitative estimate of drug-likeness (QED) is 0.767. The van der Waals surface area contributed by atoms with Gasteiger partial charge in [-0.1, -0.05) is 18.2 Å². The number of nitrogens with one attached hydrogen (secondary N) is 1. The second-order valence-electron chi connectivity index (χ2n) is 5.40. The summed E-state index contributed by atoms with van der Waals surface area (Å²) < 4.78 is 18.9. The van der Waals surface area contributed by atoms with Crippen molar-refractivity contribution in [3.63, 3.8) is 0 Å². The lowest BCUT2D eigenvalue weighted by Gasteiger charge is -2.06. The molecular formula is C18H16FNO3. The number of carboxylic acids is 1. The molecule has 3 rings (SSSR count). The Hall–Kier alpha value is -2.82. The molecule has 0 radical (unpaired) electrons. The number of ether oxygens (including phenoxy) is 1. The third kappa shape index (κ3) is 2.65. The highest BCUT2D eigenvalue weighted by molar-refractivity contribution is 5.95. The average molecular weight is 313 g/mol. The molecule has 0 aliphatic carbocycles. The summed E-state index contributed by atoms with van der Waals surface area (Å²) in [6, 6.07) is 10.3. The Bertz CT molecular complexity index is 899. The van der Waals surface area contributed by atoms with E-state index in [1.54, 1.807) is 6.07 Å². The average Bonchev–Trinajstić information content (AvgIpc) is 2.87. The molecule has 0 atom stereocenters. The van der Waals surface area contributed by atoms with E-state index in [9.17, 15) is 14.3 Å². The van der Waals surface area contributed by atoms with E-state index in [2.05, 4.69) is 4.98 Å². The van der Waals surface area contributed by atoms with Crippen LogP contribution in [-0.2, 0) is 11.2 Å². The van der Waals surface area contributed by atoms with Crippen molar-refractivity contribution in [3.05, 3.63) is 53.3 Å². The number of aryl methyl sites for hydroxylation is 1. The fourth-order valence-electron chi connectivity index (χ4n) is 2.82. The predicted molar refractivity (Wildman–Crippen MR) is 86.3 cm³/mol. The zero-order valence-corrected chi connectivity index (χ0v) is 12.8. The highest BCUT2D eigenvalue weighted by Gasteiger charge is 2.17. The van der Waals surface area contributed by atoms with Crippen LogP contribution >= 0.6 is 0 Å². The lowest BCUT2D eigenvalue weighted by molar-refractivity contribution is -0.136. The molecular weight excluding hydrogens is 297 g/mol. The Balaban J connectivity index is 2.25. The number of fused-ring (bicyclic) bond motifs is 1. The number of hydrogen-bond acceptors (Lipinski definition) is 2. The van der Waals surface area contributed by atoms with Crippen LogP contribution in [0, 0.1) is 12.7 Å². The van der Waals surface area contributed by atoms with Crippen molar-refractivity contribution in [1.29, 1.82) is 0 Å². The summed E-state index contributed by atoms with van der Waals surface area (Å²) in [5, 5.41) is 10.1. The first-order chi connectivity index (χ1) is 11.0. The first-order valence-electron chi connectivity index (χ1n) is 7.17. The fraction of sp³-hybridized carbons (Fsp3) is 0.167. The Labute approximate surface area is 132 Å². The maximum Gasteiger partial charge on any atom is 0.307 e. The molecule has 23 heavy (non-hydrogen) atoms. The Kier molecular flexibility index (Phi) is 3.78. The van der Waals surface area contributed by atoms with E-state index < -0.39 is 11.8 Å². The molecule has 0 amide bonds.